The predicted octanol–water partition coefficient (Wildman–Crippen LogP) is 2.57. The van der Waals surface area contributed by atoms with Gasteiger partial charge in [-0.3, -0.25) is 0 Å². The Labute approximate surface area is 54.3 Å². The summed E-state index contributed by atoms with van der Waals surface area (Å²) in [6, 6.07) is 3.25. The molecule has 0 unspecified atom stereocenters. The molecule has 0 bridgehead atoms. The van der Waals surface area contributed by atoms with Gasteiger partial charge in [-0.25, -0.2) is 0 Å². The SMILES string of the molecule is [CH2-]C[Si](C)(C[CH2-])C[CH2-].[Rf].[Rf].[Rf]. The van der Waals surface area contributed by atoms with Crippen LogP contribution in [0.25, 0.3) is 0 Å². The number of hydrogen-bond acceptors (Lipinski definition) is 0. The molecule has 0 N–H and O–H groups in total. The van der Waals surface area contributed by atoms with E-state index in [0.717, 1.165) is 18.1 Å². The second-order valence-corrected chi connectivity index (χ2v) is 7.68. The van der Waals surface area contributed by atoms with Crippen molar-refractivity contribution >= 4 is 8.07 Å². The molecule has 0 aliphatic heterocycles. The zero-order valence-corrected chi connectivity index (χ0v) is 28.1. The van der Waals surface area contributed by atoms with Crippen LogP contribution in [0.15, 0.2) is 0 Å². The van der Waals surface area contributed by atoms with Gasteiger partial charge < -0.3 is 20.8 Å². The van der Waals surface area contributed by atoms with Crippen LogP contribution in [-0.4, -0.2) is 8.07 Å². The minimum Gasteiger partial charge on any atom is -0.346 e. The van der Waals surface area contributed by atoms with Gasteiger partial charge in [0.25, 0.3) is 0 Å². The van der Waals surface area contributed by atoms with Crippen molar-refractivity contribution in [2.45, 2.75) is 24.7 Å². The van der Waals surface area contributed by atoms with Crippen LogP contribution in [0.2, 0.25) is 24.7 Å². The molecule has 0 aromatic rings. The summed E-state index contributed by atoms with van der Waals surface area (Å²) in [6.07, 6.45) is 0. The van der Waals surface area contributed by atoms with Crippen molar-refractivity contribution in [1.29, 1.82) is 0 Å². The Kier molecular flexibility index (Phi) is 15.8. The van der Waals surface area contributed by atoms with E-state index >= 15 is 0 Å². The molecule has 0 aromatic carbocycles. The largest absolute Gasteiger partial charge is 0.346 e. The zero-order chi connectivity index (χ0) is 6.62. The first-order valence-corrected chi connectivity index (χ1v) is 6.18. The van der Waals surface area contributed by atoms with Gasteiger partial charge in [0.05, 0.1) is 0 Å². The summed E-state index contributed by atoms with van der Waals surface area (Å²) in [5, 5.41) is 0. The van der Waals surface area contributed by atoms with Gasteiger partial charge in [0.15, 0.2) is 0 Å². The van der Waals surface area contributed by atoms with E-state index in [1.165, 1.54) is 0 Å². The van der Waals surface area contributed by atoms with E-state index in [1.54, 1.807) is 0 Å². The molecule has 11 heavy (non-hydrogen) atoms. The standard InChI is InChI=1S/C7H15Si.3Rf/c1-5-8(4,6-2)7-3;;;/h1-3,5-7H2,4H3;;;/q-3;;;. The molecular formula is C7H15Rf3Si-3. The summed E-state index contributed by atoms with van der Waals surface area (Å²) in [6.45, 7) is 13.9. The molecular weight excluding hydrogens is 913 g/mol. The van der Waals surface area contributed by atoms with Gasteiger partial charge >= 0.3 is 0 Å². The molecule has 0 amide bonds. The van der Waals surface area contributed by atoms with E-state index in [9.17, 15) is 0 Å². The summed E-state index contributed by atoms with van der Waals surface area (Å²) >= 11 is 0. The Morgan fingerprint density at radius 1 is 0.818 bits per heavy atom. The first-order chi connectivity index (χ1) is 3.68. The molecule has 0 saturated carbocycles. The van der Waals surface area contributed by atoms with E-state index in [1.807, 2.05) is 0 Å². The molecule has 0 spiro atoms. The van der Waals surface area contributed by atoms with Gasteiger partial charge in [0, 0.05) is 0 Å². The molecule has 0 rings (SSSR count). The van der Waals surface area contributed by atoms with Gasteiger partial charge in [-0.15, -0.1) is 0 Å². The molecule has 0 radical (unpaired) electrons. The fourth-order valence-corrected chi connectivity index (χ4v) is 1.12. The average molecular weight is 928 g/mol. The topological polar surface area (TPSA) is 0 Å². The van der Waals surface area contributed by atoms with Crippen LogP contribution in [0.3, 0.4) is 0 Å². The average Bonchev–Trinajstić information content (AvgIpc) is 1.87. The van der Waals surface area contributed by atoms with Gasteiger partial charge in [-0.05, 0) is 8.07 Å². The van der Waals surface area contributed by atoms with E-state index < -0.39 is 8.07 Å². The van der Waals surface area contributed by atoms with Crippen molar-refractivity contribution in [3.05, 3.63) is 20.8 Å². The monoisotopic (exact) mass is 928 g/mol. The Morgan fingerprint density at radius 3 is 1.00 bits per heavy atom. The van der Waals surface area contributed by atoms with Crippen LogP contribution in [0.5, 0.6) is 0 Å². The Morgan fingerprint density at radius 2 is 1.00 bits per heavy atom. The third-order valence-electron chi connectivity index (χ3n) is 1.81. The molecule has 4 heteroatoms. The van der Waals surface area contributed by atoms with Gasteiger partial charge in [-0.2, -0.15) is 18.1 Å². The molecule has 0 atom stereocenters. The number of rotatable bonds is 3. The van der Waals surface area contributed by atoms with Crippen LogP contribution in [0.4, 0.5) is 0 Å². The van der Waals surface area contributed by atoms with Crippen LogP contribution >= 0.6 is 0 Å². The molecule has 0 heterocycles. The van der Waals surface area contributed by atoms with E-state index in [0.29, 0.717) is 0 Å². The Bertz CT molecular complexity index is 56.4. The molecule has 0 aromatic heterocycles. The van der Waals surface area contributed by atoms with Crippen molar-refractivity contribution in [2.24, 2.45) is 0 Å². The second kappa shape index (κ2) is 7.22. The van der Waals surface area contributed by atoms with E-state index in [-0.39, 0.29) is 0 Å². The summed E-state index contributed by atoms with van der Waals surface area (Å²) < 4.78 is 0. The van der Waals surface area contributed by atoms with Gasteiger partial charge in [0.1, 0.15) is 0 Å². The maximum atomic E-state index is 3.88. The Hall–Kier alpha value is -2.78. The van der Waals surface area contributed by atoms with Crippen molar-refractivity contribution < 1.29 is 0 Å². The summed E-state index contributed by atoms with van der Waals surface area (Å²) in [5.41, 5.74) is 0. The normalized spacial score (nSPS) is 8.73. The molecule has 0 aliphatic rings. The van der Waals surface area contributed by atoms with Crippen LogP contribution in [-0.2, 0) is 0 Å². The molecule has 56 valence electrons. The third kappa shape index (κ3) is 5.08. The fourth-order valence-electron chi connectivity index (χ4n) is 0.375. The second-order valence-electron chi connectivity index (χ2n) is 2.56. The maximum absolute atomic E-state index is 3.88. The van der Waals surface area contributed by atoms with E-state index in [4.69, 9.17) is 0 Å². The van der Waals surface area contributed by atoms with Crippen molar-refractivity contribution in [1.82, 2.24) is 0 Å². The molecule has 0 fully saturated rings. The first kappa shape index (κ1) is 24.1. The maximum Gasteiger partial charge on any atom is 0 e. The zero-order valence-electron chi connectivity index (χ0n) is 7.86. The van der Waals surface area contributed by atoms with Crippen LogP contribution < -0.4 is 0 Å². The smallest absolute Gasteiger partial charge is 0 e. The summed E-state index contributed by atoms with van der Waals surface area (Å²) in [4.78, 5) is 0. The minimum atomic E-state index is -1.00. The van der Waals surface area contributed by atoms with Gasteiger partial charge in [0.2, 0.25) is 0 Å². The fraction of sp³-hybridized carbons (Fsp3) is 0.571. The number of hydrogen-bond donors (Lipinski definition) is 0. The molecule has 0 nitrogen and oxygen atoms in total. The first-order valence-electron chi connectivity index (χ1n) is 3.06. The molecule has 0 saturated heterocycles. The molecule has 0 aliphatic carbocycles. The minimum absolute atomic E-state index is 0. The van der Waals surface area contributed by atoms with E-state index in [2.05, 4.69) is 27.3 Å². The van der Waals surface area contributed by atoms with Crippen molar-refractivity contribution in [3.8, 4) is 0 Å². The van der Waals surface area contributed by atoms with Crippen molar-refractivity contribution in [3.63, 3.8) is 0 Å². The quantitative estimate of drug-likeness (QED) is 0.302. The van der Waals surface area contributed by atoms with Crippen LogP contribution in [0.1, 0.15) is 0 Å². The van der Waals surface area contributed by atoms with Crippen molar-refractivity contribution in [2.75, 3.05) is 0 Å². The third-order valence-corrected chi connectivity index (χ3v) is 5.43. The Balaban J connectivity index is -0.0000000817. The summed E-state index contributed by atoms with van der Waals surface area (Å²) in [5.74, 6) is 0. The predicted molar refractivity (Wildman–Crippen MR) is 42.1 cm³/mol. The summed E-state index contributed by atoms with van der Waals surface area (Å²) in [7, 11) is -1.00. The van der Waals surface area contributed by atoms with Crippen LogP contribution in [0, 0.1) is 20.8 Å². The van der Waals surface area contributed by atoms with Gasteiger partial charge in [-0.1, -0.05) is 6.55 Å².